The van der Waals surface area contributed by atoms with Gasteiger partial charge in [-0.2, -0.15) is 0 Å². The lowest BCUT2D eigenvalue weighted by molar-refractivity contribution is 0.102. The number of hydrogen-bond donors (Lipinski definition) is 1. The predicted molar refractivity (Wildman–Crippen MR) is 101 cm³/mol. The van der Waals surface area contributed by atoms with E-state index in [2.05, 4.69) is 15.3 Å². The summed E-state index contributed by atoms with van der Waals surface area (Å²) in [5.41, 5.74) is 1.70. The van der Waals surface area contributed by atoms with Crippen LogP contribution >= 0.6 is 0 Å². The summed E-state index contributed by atoms with van der Waals surface area (Å²) in [4.78, 5) is 20.9. The second kappa shape index (κ2) is 7.29. The number of nitrogens with zero attached hydrogens (tertiary/aromatic N) is 3. The van der Waals surface area contributed by atoms with E-state index in [0.717, 1.165) is 4.31 Å². The number of methoxy groups -OCH3 is 1. The van der Waals surface area contributed by atoms with E-state index in [1.165, 1.54) is 39.5 Å². The summed E-state index contributed by atoms with van der Waals surface area (Å²) in [5.74, 6) is -0.307. The molecule has 3 rings (SSSR count). The lowest BCUT2D eigenvalue weighted by Crippen LogP contribution is -2.23. The van der Waals surface area contributed by atoms with Gasteiger partial charge < -0.3 is 10.1 Å². The Balaban J connectivity index is 1.93. The summed E-state index contributed by atoms with van der Waals surface area (Å²) in [6, 6.07) is 11.6. The first-order chi connectivity index (χ1) is 12.8. The molecule has 0 bridgehead atoms. The molecule has 0 spiro atoms. The summed E-state index contributed by atoms with van der Waals surface area (Å²) >= 11 is 0. The van der Waals surface area contributed by atoms with E-state index in [4.69, 9.17) is 4.74 Å². The third-order valence-corrected chi connectivity index (χ3v) is 5.70. The van der Waals surface area contributed by atoms with Gasteiger partial charge in [0.25, 0.3) is 5.91 Å². The summed E-state index contributed by atoms with van der Waals surface area (Å²) in [5, 5.41) is 2.65. The Kier molecular flexibility index (Phi) is 5.06. The topological polar surface area (TPSA) is 101 Å². The largest absolute Gasteiger partial charge is 0.495 e. The van der Waals surface area contributed by atoms with Crippen molar-refractivity contribution in [2.45, 2.75) is 4.90 Å². The molecule has 27 heavy (non-hydrogen) atoms. The smallest absolute Gasteiger partial charge is 0.275 e. The van der Waals surface area contributed by atoms with Crippen LogP contribution in [0.1, 0.15) is 10.5 Å². The van der Waals surface area contributed by atoms with Crippen LogP contribution < -0.4 is 10.1 Å². The number of carbonyl (C=O) groups excluding carboxylic acids is 1. The molecule has 2 aromatic carbocycles. The van der Waals surface area contributed by atoms with Gasteiger partial charge in [0.2, 0.25) is 10.0 Å². The number of nitrogens with one attached hydrogen (secondary N) is 1. The van der Waals surface area contributed by atoms with E-state index in [-0.39, 0.29) is 16.3 Å². The molecule has 0 radical (unpaired) electrons. The molecule has 0 aliphatic heterocycles. The minimum atomic E-state index is -3.74. The molecule has 0 saturated heterocycles. The summed E-state index contributed by atoms with van der Waals surface area (Å²) in [6.07, 6.45) is 1.37. The Morgan fingerprint density at radius 1 is 1.11 bits per heavy atom. The molecule has 1 heterocycles. The monoisotopic (exact) mass is 386 g/mol. The first-order valence-corrected chi connectivity index (χ1v) is 9.40. The molecule has 9 heteroatoms. The van der Waals surface area contributed by atoms with Crippen LogP contribution in [-0.4, -0.2) is 49.8 Å². The Bertz CT molecular complexity index is 1110. The fourth-order valence-electron chi connectivity index (χ4n) is 2.41. The lowest BCUT2D eigenvalue weighted by atomic mass is 10.2. The average molecular weight is 386 g/mol. The van der Waals surface area contributed by atoms with Crippen molar-refractivity contribution in [3.63, 3.8) is 0 Å². The highest BCUT2D eigenvalue weighted by molar-refractivity contribution is 7.89. The molecule has 3 aromatic rings. The molecule has 1 amide bonds. The number of aromatic nitrogens is 2. The first kappa shape index (κ1) is 18.7. The van der Waals surface area contributed by atoms with Gasteiger partial charge in [0.15, 0.2) is 0 Å². The molecule has 0 atom stereocenters. The number of amides is 1. The number of anilines is 1. The molecular weight excluding hydrogens is 368 g/mol. The zero-order valence-corrected chi connectivity index (χ0v) is 15.8. The van der Waals surface area contributed by atoms with Crippen molar-refractivity contribution >= 4 is 32.7 Å². The number of para-hydroxylation sites is 2. The van der Waals surface area contributed by atoms with Crippen LogP contribution in [0.2, 0.25) is 0 Å². The molecule has 0 aliphatic carbocycles. The Morgan fingerprint density at radius 2 is 1.81 bits per heavy atom. The highest BCUT2D eigenvalue weighted by Gasteiger charge is 2.23. The van der Waals surface area contributed by atoms with Crippen LogP contribution in [-0.2, 0) is 10.0 Å². The van der Waals surface area contributed by atoms with Gasteiger partial charge in [-0.25, -0.2) is 17.7 Å². The van der Waals surface area contributed by atoms with Crippen LogP contribution in [0.4, 0.5) is 5.69 Å². The van der Waals surface area contributed by atoms with Crippen LogP contribution in [0, 0.1) is 0 Å². The van der Waals surface area contributed by atoms with E-state index in [1.54, 1.807) is 24.3 Å². The number of carbonyl (C=O) groups is 1. The van der Waals surface area contributed by atoms with Crippen LogP contribution in [0.25, 0.3) is 11.0 Å². The van der Waals surface area contributed by atoms with Crippen molar-refractivity contribution in [1.82, 2.24) is 14.3 Å². The Hall–Kier alpha value is -3.04. The van der Waals surface area contributed by atoms with Crippen molar-refractivity contribution in [3.05, 3.63) is 54.4 Å². The van der Waals surface area contributed by atoms with Crippen LogP contribution in [0.15, 0.2) is 53.6 Å². The zero-order chi connectivity index (χ0) is 19.6. The van der Waals surface area contributed by atoms with Crippen molar-refractivity contribution in [1.29, 1.82) is 0 Å². The second-order valence-electron chi connectivity index (χ2n) is 5.85. The zero-order valence-electron chi connectivity index (χ0n) is 15.0. The number of rotatable bonds is 5. The van der Waals surface area contributed by atoms with Crippen molar-refractivity contribution in [3.8, 4) is 5.75 Å². The molecule has 1 aromatic heterocycles. The molecule has 8 nitrogen and oxygen atoms in total. The molecular formula is C18H18N4O4S. The summed E-state index contributed by atoms with van der Waals surface area (Å²) in [6.45, 7) is 0. The third-order valence-electron chi connectivity index (χ3n) is 3.86. The summed E-state index contributed by atoms with van der Waals surface area (Å²) in [7, 11) is 0.482. The van der Waals surface area contributed by atoms with Crippen molar-refractivity contribution < 1.29 is 17.9 Å². The number of benzene rings is 2. The molecule has 140 valence electrons. The fourth-order valence-corrected chi connectivity index (χ4v) is 3.49. The maximum absolute atomic E-state index is 12.5. The molecule has 0 saturated carbocycles. The predicted octanol–water partition coefficient (Wildman–Crippen LogP) is 2.14. The first-order valence-electron chi connectivity index (χ1n) is 7.96. The molecule has 0 fully saturated rings. The molecule has 0 unspecified atom stereocenters. The summed E-state index contributed by atoms with van der Waals surface area (Å²) < 4.78 is 31.2. The average Bonchev–Trinajstić information content (AvgIpc) is 2.67. The lowest BCUT2D eigenvalue weighted by Gasteiger charge is -2.15. The Morgan fingerprint density at radius 3 is 2.48 bits per heavy atom. The van der Waals surface area contributed by atoms with Crippen LogP contribution in [0.5, 0.6) is 5.75 Å². The van der Waals surface area contributed by atoms with Gasteiger partial charge in [0.05, 0.1) is 24.3 Å². The second-order valence-corrected chi connectivity index (χ2v) is 7.97. The number of hydrogen-bond acceptors (Lipinski definition) is 6. The van der Waals surface area contributed by atoms with Gasteiger partial charge in [0.1, 0.15) is 16.3 Å². The molecule has 0 aliphatic rings. The Labute approximate surface area is 156 Å². The van der Waals surface area contributed by atoms with E-state index in [0.29, 0.717) is 16.7 Å². The SMILES string of the molecule is COc1ccc(NC(=O)c2cnc3ccccc3n2)cc1S(=O)(=O)N(C)C. The normalized spacial score (nSPS) is 11.6. The number of ether oxygens (including phenoxy) is 1. The van der Waals surface area contributed by atoms with Crippen molar-refractivity contribution in [2.75, 3.05) is 26.5 Å². The third kappa shape index (κ3) is 3.74. The standard InChI is InChI=1S/C18H18N4O4S/c1-22(2)27(24,25)17-10-12(8-9-16(17)26-3)20-18(23)15-11-19-13-6-4-5-7-14(13)21-15/h4-11H,1-3H3,(H,20,23). The fraction of sp³-hybridized carbons (Fsp3) is 0.167. The van der Waals surface area contributed by atoms with Gasteiger partial charge in [-0.05, 0) is 30.3 Å². The maximum Gasteiger partial charge on any atom is 0.275 e. The van der Waals surface area contributed by atoms with Crippen LogP contribution in [0.3, 0.4) is 0 Å². The highest BCUT2D eigenvalue weighted by Crippen LogP contribution is 2.29. The maximum atomic E-state index is 12.5. The van der Waals surface area contributed by atoms with E-state index >= 15 is 0 Å². The van der Waals surface area contributed by atoms with Gasteiger partial charge in [0, 0.05) is 19.8 Å². The van der Waals surface area contributed by atoms with Gasteiger partial charge in [-0.1, -0.05) is 12.1 Å². The van der Waals surface area contributed by atoms with Gasteiger partial charge in [-0.15, -0.1) is 0 Å². The number of fused-ring (bicyclic) bond motifs is 1. The van der Waals surface area contributed by atoms with E-state index < -0.39 is 15.9 Å². The number of sulfonamides is 1. The van der Waals surface area contributed by atoms with E-state index in [1.807, 2.05) is 6.07 Å². The van der Waals surface area contributed by atoms with Crippen molar-refractivity contribution in [2.24, 2.45) is 0 Å². The van der Waals surface area contributed by atoms with E-state index in [9.17, 15) is 13.2 Å². The minimum Gasteiger partial charge on any atom is -0.495 e. The highest BCUT2D eigenvalue weighted by atomic mass is 32.2. The van der Waals surface area contributed by atoms with Gasteiger partial charge in [-0.3, -0.25) is 9.78 Å². The minimum absolute atomic E-state index is 0.0441. The van der Waals surface area contributed by atoms with Gasteiger partial charge >= 0.3 is 0 Å². The quantitative estimate of drug-likeness (QED) is 0.721. The molecule has 1 N–H and O–H groups in total.